The van der Waals surface area contributed by atoms with Crippen molar-refractivity contribution in [1.82, 2.24) is 9.80 Å². The number of aliphatic hydroxyl groups excluding tert-OH is 1. The molecule has 0 radical (unpaired) electrons. The minimum atomic E-state index is -0.333. The van der Waals surface area contributed by atoms with Crippen molar-refractivity contribution in [2.75, 3.05) is 27.2 Å². The quantitative estimate of drug-likeness (QED) is 0.212. The number of hydrogen-bond acceptors (Lipinski definition) is 4. The van der Waals surface area contributed by atoms with Crippen molar-refractivity contribution in [2.24, 2.45) is 16.7 Å². The van der Waals surface area contributed by atoms with Gasteiger partial charge in [0, 0.05) is 19.1 Å². The zero-order chi connectivity index (χ0) is 10.7. The molecule has 0 aromatic heterocycles. The number of likely N-dealkylation sites (N-methyl/N-ethyl adjacent to an activating group) is 1. The molecule has 0 amide bonds. The lowest BCUT2D eigenvalue weighted by molar-refractivity contribution is 0.187. The number of nitrogens with two attached hydrogens (primary N) is 2. The molecule has 14 heavy (non-hydrogen) atoms. The lowest BCUT2D eigenvalue weighted by Gasteiger charge is -2.26. The van der Waals surface area contributed by atoms with Crippen LogP contribution < -0.4 is 11.6 Å². The summed E-state index contributed by atoms with van der Waals surface area (Å²) >= 11 is 0. The van der Waals surface area contributed by atoms with Crippen molar-refractivity contribution >= 4 is 5.96 Å². The molecule has 0 spiro atoms. The second kappa shape index (κ2) is 4.47. The summed E-state index contributed by atoms with van der Waals surface area (Å²) in [4.78, 5) is 3.91. The van der Waals surface area contributed by atoms with Crippen LogP contribution in [-0.4, -0.2) is 60.2 Å². The summed E-state index contributed by atoms with van der Waals surface area (Å²) < 4.78 is 0. The Morgan fingerprint density at radius 1 is 1.64 bits per heavy atom. The van der Waals surface area contributed by atoms with Crippen LogP contribution in [0.25, 0.3) is 0 Å². The van der Waals surface area contributed by atoms with E-state index in [-0.39, 0.29) is 12.1 Å². The second-order valence-corrected chi connectivity index (χ2v) is 3.95. The fraction of sp³-hybridized carbons (Fsp3) is 0.875. The van der Waals surface area contributed by atoms with Gasteiger partial charge in [0.25, 0.3) is 0 Å². The molecule has 0 saturated carbocycles. The van der Waals surface area contributed by atoms with Crippen molar-refractivity contribution < 1.29 is 5.11 Å². The molecule has 1 heterocycles. The van der Waals surface area contributed by atoms with Gasteiger partial charge in [-0.25, -0.2) is 0 Å². The Labute approximate surface area is 84.1 Å². The molecule has 0 aliphatic carbocycles. The molecule has 0 bridgehead atoms. The van der Waals surface area contributed by atoms with E-state index in [0.717, 1.165) is 6.54 Å². The predicted molar refractivity (Wildman–Crippen MR) is 55.5 cm³/mol. The van der Waals surface area contributed by atoms with Crippen LogP contribution in [0.5, 0.6) is 0 Å². The van der Waals surface area contributed by atoms with Crippen molar-refractivity contribution in [1.29, 1.82) is 0 Å². The lowest BCUT2D eigenvalue weighted by atomic mass is 10.2. The normalized spacial score (nSPS) is 28.9. The molecule has 6 nitrogen and oxygen atoms in total. The third kappa shape index (κ3) is 2.49. The summed E-state index contributed by atoms with van der Waals surface area (Å²) in [6, 6.07) is 0.201. The van der Waals surface area contributed by atoms with Crippen LogP contribution in [0.2, 0.25) is 0 Å². The van der Waals surface area contributed by atoms with E-state index in [4.69, 9.17) is 11.6 Å². The van der Waals surface area contributed by atoms with E-state index >= 15 is 0 Å². The fourth-order valence-electron chi connectivity index (χ4n) is 1.84. The van der Waals surface area contributed by atoms with E-state index in [2.05, 4.69) is 10.0 Å². The second-order valence-electron chi connectivity index (χ2n) is 3.95. The van der Waals surface area contributed by atoms with E-state index in [1.165, 1.54) is 0 Å². The van der Waals surface area contributed by atoms with Crippen LogP contribution in [0.3, 0.4) is 0 Å². The van der Waals surface area contributed by atoms with E-state index < -0.39 is 0 Å². The van der Waals surface area contributed by atoms with E-state index in [1.807, 2.05) is 19.0 Å². The Morgan fingerprint density at radius 3 is 2.79 bits per heavy atom. The topological polar surface area (TPSA) is 91.1 Å². The van der Waals surface area contributed by atoms with Gasteiger partial charge in [0.15, 0.2) is 0 Å². The van der Waals surface area contributed by atoms with E-state index in [1.54, 1.807) is 0 Å². The number of likely N-dealkylation sites (tertiary alicyclic amines) is 1. The lowest BCUT2D eigenvalue weighted by Crippen LogP contribution is -2.45. The van der Waals surface area contributed by atoms with Gasteiger partial charge in [-0.2, -0.15) is 0 Å². The molecule has 1 saturated heterocycles. The van der Waals surface area contributed by atoms with Gasteiger partial charge in [0.2, 0.25) is 5.96 Å². The number of hydrogen-bond donors (Lipinski definition) is 3. The van der Waals surface area contributed by atoms with Gasteiger partial charge in [0.05, 0.1) is 6.10 Å². The minimum absolute atomic E-state index is 0.201. The Bertz CT molecular complexity index is 218. The zero-order valence-corrected chi connectivity index (χ0v) is 8.72. The zero-order valence-electron chi connectivity index (χ0n) is 8.72. The maximum Gasteiger partial charge on any atom is 0.213 e. The summed E-state index contributed by atoms with van der Waals surface area (Å²) in [6.07, 6.45) is 0.384. The number of hydrazone groups is 1. The highest BCUT2D eigenvalue weighted by atomic mass is 16.3. The Kier molecular flexibility index (Phi) is 3.54. The summed E-state index contributed by atoms with van der Waals surface area (Å²) in [5, 5.41) is 13.0. The molecule has 6 heteroatoms. The minimum Gasteiger partial charge on any atom is -0.391 e. The van der Waals surface area contributed by atoms with Crippen LogP contribution in [0.1, 0.15) is 6.42 Å². The van der Waals surface area contributed by atoms with Gasteiger partial charge in [-0.3, -0.25) is 0 Å². The van der Waals surface area contributed by atoms with Crippen molar-refractivity contribution in [3.8, 4) is 0 Å². The highest BCUT2D eigenvalue weighted by molar-refractivity contribution is 5.78. The van der Waals surface area contributed by atoms with Gasteiger partial charge >= 0.3 is 0 Å². The van der Waals surface area contributed by atoms with Crippen LogP contribution in [-0.2, 0) is 0 Å². The standard InChI is InChI=1S/C8H19N5O/c1-12(2)4-6-3-7(14)5-13(6)8(9)11-10/h6-7,14H,3-5,10H2,1-2H3,(H2,9,11). The molecule has 82 valence electrons. The van der Waals surface area contributed by atoms with Crippen LogP contribution >= 0.6 is 0 Å². The Morgan fingerprint density at radius 2 is 2.29 bits per heavy atom. The van der Waals surface area contributed by atoms with Gasteiger partial charge in [-0.1, -0.05) is 0 Å². The Balaban J connectivity index is 2.63. The van der Waals surface area contributed by atoms with Crippen molar-refractivity contribution in [3.63, 3.8) is 0 Å². The summed E-state index contributed by atoms with van der Waals surface area (Å²) in [5.41, 5.74) is 5.63. The van der Waals surface area contributed by atoms with Crippen LogP contribution in [0.4, 0.5) is 0 Å². The number of nitrogens with zero attached hydrogens (tertiary/aromatic N) is 3. The molecule has 1 aliphatic heterocycles. The smallest absolute Gasteiger partial charge is 0.213 e. The van der Waals surface area contributed by atoms with Gasteiger partial charge in [-0.15, -0.1) is 5.10 Å². The molecule has 1 fully saturated rings. The number of β-amino-alcohol motifs (C(OH)–C–C–N with tert-alkyl or cyclic N) is 1. The molecule has 1 rings (SSSR count). The van der Waals surface area contributed by atoms with Gasteiger partial charge < -0.3 is 26.5 Å². The summed E-state index contributed by atoms with van der Waals surface area (Å²) in [6.45, 7) is 1.36. The summed E-state index contributed by atoms with van der Waals surface area (Å²) in [7, 11) is 3.97. The maximum atomic E-state index is 9.52. The molecule has 1 aliphatic rings. The van der Waals surface area contributed by atoms with E-state index in [0.29, 0.717) is 18.9 Å². The van der Waals surface area contributed by atoms with E-state index in [9.17, 15) is 5.11 Å². The molecule has 5 N–H and O–H groups in total. The molecular formula is C8H19N5O. The highest BCUT2D eigenvalue weighted by Crippen LogP contribution is 2.17. The average molecular weight is 201 g/mol. The highest BCUT2D eigenvalue weighted by Gasteiger charge is 2.32. The average Bonchev–Trinajstić information content (AvgIpc) is 2.44. The first-order valence-electron chi connectivity index (χ1n) is 4.67. The van der Waals surface area contributed by atoms with Gasteiger partial charge in [-0.05, 0) is 20.5 Å². The first kappa shape index (κ1) is 11.1. The number of rotatable bonds is 2. The SMILES string of the molecule is CN(C)CC1CC(O)CN1C(N)=NN. The number of aliphatic hydroxyl groups is 1. The molecule has 2 unspecified atom stereocenters. The third-order valence-corrected chi connectivity index (χ3v) is 2.39. The number of guanidine groups is 1. The summed E-state index contributed by atoms with van der Waals surface area (Å²) in [5.74, 6) is 5.42. The van der Waals surface area contributed by atoms with Crippen LogP contribution in [0.15, 0.2) is 5.10 Å². The third-order valence-electron chi connectivity index (χ3n) is 2.39. The largest absolute Gasteiger partial charge is 0.391 e. The predicted octanol–water partition coefficient (Wildman–Crippen LogP) is -1.83. The van der Waals surface area contributed by atoms with Crippen molar-refractivity contribution in [2.45, 2.75) is 18.6 Å². The molecule has 0 aromatic rings. The Hall–Kier alpha value is -1.01. The first-order valence-corrected chi connectivity index (χ1v) is 4.67. The molecule has 0 aromatic carbocycles. The monoisotopic (exact) mass is 201 g/mol. The fourth-order valence-corrected chi connectivity index (χ4v) is 1.84. The first-order chi connectivity index (χ1) is 6.54. The van der Waals surface area contributed by atoms with Crippen LogP contribution in [0, 0.1) is 0 Å². The van der Waals surface area contributed by atoms with Crippen molar-refractivity contribution in [3.05, 3.63) is 0 Å². The molecule has 2 atom stereocenters. The molecular weight excluding hydrogens is 182 g/mol. The maximum absolute atomic E-state index is 9.52. The van der Waals surface area contributed by atoms with Gasteiger partial charge in [0.1, 0.15) is 0 Å².